The molecule has 7 heteroatoms. The zero-order valence-electron chi connectivity index (χ0n) is 13.4. The second kappa shape index (κ2) is 5.26. The van der Waals surface area contributed by atoms with Crippen molar-refractivity contribution in [2.45, 2.75) is 19.4 Å². The first-order valence-electron chi connectivity index (χ1n) is 7.50. The second-order valence-corrected chi connectivity index (χ2v) is 6.41. The second-order valence-electron chi connectivity index (χ2n) is 6.41. The van der Waals surface area contributed by atoms with Crippen LogP contribution in [0.25, 0.3) is 5.65 Å². The predicted octanol–water partition coefficient (Wildman–Crippen LogP) is 1.64. The van der Waals surface area contributed by atoms with Gasteiger partial charge < -0.3 is 19.3 Å². The number of aromatic nitrogens is 2. The van der Waals surface area contributed by atoms with Crippen LogP contribution in [-0.4, -0.2) is 56.4 Å². The number of carbonyl (C=O) groups is 2. The Morgan fingerprint density at radius 3 is 2.70 bits per heavy atom. The standard InChI is InChI=1S/C16H20N4O3/c1-16(2,12-8-17-13-6-4-5-7-20(12)13)18(3)14(21)11-9-19(10-11)15(22)23/h4-8,11H,9-10H2,1-3H3,(H,22,23). The van der Waals surface area contributed by atoms with Gasteiger partial charge in [0, 0.05) is 26.3 Å². The van der Waals surface area contributed by atoms with Crippen molar-refractivity contribution in [3.8, 4) is 0 Å². The molecule has 2 aromatic rings. The van der Waals surface area contributed by atoms with E-state index in [1.807, 2.05) is 42.6 Å². The number of rotatable bonds is 3. The molecule has 0 saturated carbocycles. The molecule has 0 aliphatic carbocycles. The highest BCUT2D eigenvalue weighted by molar-refractivity contribution is 5.82. The number of imidazole rings is 1. The molecule has 23 heavy (non-hydrogen) atoms. The molecule has 0 aromatic carbocycles. The number of amides is 2. The molecule has 122 valence electrons. The first-order valence-corrected chi connectivity index (χ1v) is 7.50. The SMILES string of the molecule is CN(C(=O)C1CN(C(=O)O)C1)C(C)(C)c1cnc2ccccn12. The minimum atomic E-state index is -0.974. The molecule has 1 fully saturated rings. The number of hydrogen-bond acceptors (Lipinski definition) is 3. The number of hydrogen-bond donors (Lipinski definition) is 1. The number of carboxylic acid groups (broad SMARTS) is 1. The van der Waals surface area contributed by atoms with E-state index in [4.69, 9.17) is 5.11 Å². The van der Waals surface area contributed by atoms with Crippen LogP contribution in [0, 0.1) is 5.92 Å². The highest BCUT2D eigenvalue weighted by Crippen LogP contribution is 2.30. The van der Waals surface area contributed by atoms with Crippen molar-refractivity contribution >= 4 is 17.6 Å². The molecule has 0 radical (unpaired) electrons. The summed E-state index contributed by atoms with van der Waals surface area (Å²) in [5.41, 5.74) is 1.19. The third kappa shape index (κ3) is 2.42. The first kappa shape index (κ1) is 15.3. The zero-order chi connectivity index (χ0) is 16.8. The van der Waals surface area contributed by atoms with Crippen molar-refractivity contribution in [3.63, 3.8) is 0 Å². The fraction of sp³-hybridized carbons (Fsp3) is 0.438. The molecule has 2 amide bonds. The van der Waals surface area contributed by atoms with Crippen molar-refractivity contribution < 1.29 is 14.7 Å². The molecule has 3 rings (SSSR count). The van der Waals surface area contributed by atoms with E-state index >= 15 is 0 Å². The van der Waals surface area contributed by atoms with Gasteiger partial charge in [-0.3, -0.25) is 4.79 Å². The monoisotopic (exact) mass is 316 g/mol. The summed E-state index contributed by atoms with van der Waals surface area (Å²) in [6.07, 6.45) is 2.73. The van der Waals surface area contributed by atoms with Crippen LogP contribution in [0.2, 0.25) is 0 Å². The van der Waals surface area contributed by atoms with Crippen LogP contribution in [0.1, 0.15) is 19.5 Å². The van der Waals surface area contributed by atoms with E-state index < -0.39 is 11.6 Å². The lowest BCUT2D eigenvalue weighted by Gasteiger charge is -2.42. The van der Waals surface area contributed by atoms with Gasteiger partial charge in [0.2, 0.25) is 5.91 Å². The highest BCUT2D eigenvalue weighted by Gasteiger charge is 2.41. The zero-order valence-corrected chi connectivity index (χ0v) is 13.4. The predicted molar refractivity (Wildman–Crippen MR) is 84.1 cm³/mol. The van der Waals surface area contributed by atoms with Gasteiger partial charge >= 0.3 is 6.09 Å². The molecule has 0 unspecified atom stereocenters. The third-order valence-corrected chi connectivity index (χ3v) is 4.71. The summed E-state index contributed by atoms with van der Waals surface area (Å²) < 4.78 is 1.97. The van der Waals surface area contributed by atoms with Gasteiger partial charge in [0.1, 0.15) is 5.65 Å². The van der Waals surface area contributed by atoms with E-state index in [2.05, 4.69) is 4.98 Å². The lowest BCUT2D eigenvalue weighted by Crippen LogP contribution is -2.58. The van der Waals surface area contributed by atoms with Crippen LogP contribution in [0.3, 0.4) is 0 Å². The van der Waals surface area contributed by atoms with Crippen molar-refractivity contribution in [1.82, 2.24) is 19.2 Å². The summed E-state index contributed by atoms with van der Waals surface area (Å²) in [7, 11) is 1.76. The molecule has 1 aliphatic heterocycles. The molecule has 2 aromatic heterocycles. The van der Waals surface area contributed by atoms with E-state index in [0.29, 0.717) is 0 Å². The maximum atomic E-state index is 12.6. The number of carbonyl (C=O) groups excluding carboxylic acids is 1. The lowest BCUT2D eigenvalue weighted by molar-refractivity contribution is -0.144. The third-order valence-electron chi connectivity index (χ3n) is 4.71. The molecule has 0 atom stereocenters. The van der Waals surface area contributed by atoms with Crippen LogP contribution in [0.5, 0.6) is 0 Å². The van der Waals surface area contributed by atoms with Crippen LogP contribution < -0.4 is 0 Å². The van der Waals surface area contributed by atoms with Crippen molar-refractivity contribution in [2.24, 2.45) is 5.92 Å². The average molecular weight is 316 g/mol. The summed E-state index contributed by atoms with van der Waals surface area (Å²) >= 11 is 0. The smallest absolute Gasteiger partial charge is 0.407 e. The summed E-state index contributed by atoms with van der Waals surface area (Å²) in [5.74, 6) is -0.312. The van der Waals surface area contributed by atoms with Gasteiger partial charge in [-0.1, -0.05) is 6.07 Å². The summed E-state index contributed by atoms with van der Waals surface area (Å²) in [5, 5.41) is 8.89. The Hall–Kier alpha value is -2.57. The molecular weight excluding hydrogens is 296 g/mol. The Morgan fingerprint density at radius 2 is 2.04 bits per heavy atom. The van der Waals surface area contributed by atoms with E-state index in [9.17, 15) is 9.59 Å². The van der Waals surface area contributed by atoms with E-state index in [0.717, 1.165) is 11.3 Å². The summed E-state index contributed by atoms with van der Waals surface area (Å²) in [4.78, 5) is 30.8. The van der Waals surface area contributed by atoms with Crippen LogP contribution in [0.15, 0.2) is 30.6 Å². The lowest BCUT2D eigenvalue weighted by atomic mass is 9.93. The minimum absolute atomic E-state index is 0.0432. The van der Waals surface area contributed by atoms with Crippen molar-refractivity contribution in [1.29, 1.82) is 0 Å². The van der Waals surface area contributed by atoms with Gasteiger partial charge in [-0.2, -0.15) is 0 Å². The van der Waals surface area contributed by atoms with Gasteiger partial charge in [-0.25, -0.2) is 9.78 Å². The number of pyridine rings is 1. The maximum absolute atomic E-state index is 12.6. The minimum Gasteiger partial charge on any atom is -0.465 e. The number of likely N-dealkylation sites (tertiary alicyclic amines) is 1. The fourth-order valence-corrected chi connectivity index (χ4v) is 2.90. The average Bonchev–Trinajstić information content (AvgIpc) is 2.88. The van der Waals surface area contributed by atoms with Gasteiger partial charge in [-0.15, -0.1) is 0 Å². The van der Waals surface area contributed by atoms with E-state index in [1.165, 1.54) is 4.90 Å². The van der Waals surface area contributed by atoms with Crippen LogP contribution in [-0.2, 0) is 10.3 Å². The normalized spacial score (nSPS) is 15.5. The molecule has 7 nitrogen and oxygen atoms in total. The molecule has 3 heterocycles. The quantitative estimate of drug-likeness (QED) is 0.933. The van der Waals surface area contributed by atoms with Gasteiger partial charge in [0.15, 0.2) is 0 Å². The molecule has 0 bridgehead atoms. The number of nitrogens with zero attached hydrogens (tertiary/aromatic N) is 4. The van der Waals surface area contributed by atoms with Gasteiger partial charge in [-0.05, 0) is 26.0 Å². The molecular formula is C16H20N4O3. The Balaban J connectivity index is 1.82. The van der Waals surface area contributed by atoms with Gasteiger partial charge in [0.25, 0.3) is 0 Å². The largest absolute Gasteiger partial charge is 0.465 e. The van der Waals surface area contributed by atoms with Crippen LogP contribution in [0.4, 0.5) is 4.79 Å². The summed E-state index contributed by atoms with van der Waals surface area (Å²) in [6, 6.07) is 5.76. The van der Waals surface area contributed by atoms with E-state index in [-0.39, 0.29) is 24.9 Å². The molecule has 0 spiro atoms. The van der Waals surface area contributed by atoms with E-state index in [1.54, 1.807) is 18.1 Å². The Kier molecular flexibility index (Phi) is 3.50. The van der Waals surface area contributed by atoms with Crippen molar-refractivity contribution in [3.05, 3.63) is 36.3 Å². The highest BCUT2D eigenvalue weighted by atomic mass is 16.4. The topological polar surface area (TPSA) is 78.2 Å². The van der Waals surface area contributed by atoms with Crippen molar-refractivity contribution in [2.75, 3.05) is 20.1 Å². The molecule has 1 aliphatic rings. The Labute approximate surface area is 134 Å². The molecule has 1 saturated heterocycles. The maximum Gasteiger partial charge on any atom is 0.407 e. The first-order chi connectivity index (χ1) is 10.8. The Bertz CT molecular complexity index is 762. The fourth-order valence-electron chi connectivity index (χ4n) is 2.90. The van der Waals surface area contributed by atoms with Gasteiger partial charge in [0.05, 0.1) is 23.3 Å². The molecule has 1 N–H and O–H groups in total. The number of fused-ring (bicyclic) bond motifs is 1. The Morgan fingerprint density at radius 1 is 1.35 bits per heavy atom. The summed E-state index contributed by atoms with van der Waals surface area (Å²) in [6.45, 7) is 4.47. The van der Waals surface area contributed by atoms with Crippen LogP contribution >= 0.6 is 0 Å².